The fourth-order valence-corrected chi connectivity index (χ4v) is 3.35. The van der Waals surface area contributed by atoms with Crippen molar-refractivity contribution >= 4 is 17.7 Å². The Kier molecular flexibility index (Phi) is 4.90. The van der Waals surface area contributed by atoms with Crippen molar-refractivity contribution in [1.29, 1.82) is 0 Å². The Morgan fingerprint density at radius 2 is 1.72 bits per heavy atom. The van der Waals surface area contributed by atoms with Crippen LogP contribution < -0.4 is 5.73 Å². The van der Waals surface area contributed by atoms with Crippen LogP contribution in [0.1, 0.15) is 16.7 Å². The number of carbonyl (C=O) groups excluding carboxylic acids is 1. The molecular formula is C19H20N4OS. The summed E-state index contributed by atoms with van der Waals surface area (Å²) in [4.78, 5) is 11.2. The van der Waals surface area contributed by atoms with Crippen molar-refractivity contribution in [3.8, 4) is 17.1 Å². The molecule has 1 heterocycles. The Balaban J connectivity index is 2.15. The number of carbonyl (C=O) groups is 1. The number of benzene rings is 2. The summed E-state index contributed by atoms with van der Waals surface area (Å²) in [5.41, 5.74) is 10.8. The lowest BCUT2D eigenvalue weighted by atomic mass is 10.1. The third kappa shape index (κ3) is 3.74. The van der Waals surface area contributed by atoms with Crippen LogP contribution in [0.15, 0.2) is 47.6 Å². The first-order valence-electron chi connectivity index (χ1n) is 7.97. The molecule has 0 aliphatic rings. The topological polar surface area (TPSA) is 73.8 Å². The molecule has 128 valence electrons. The van der Waals surface area contributed by atoms with Gasteiger partial charge >= 0.3 is 0 Å². The predicted molar refractivity (Wildman–Crippen MR) is 101 cm³/mol. The van der Waals surface area contributed by atoms with Crippen LogP contribution in [0, 0.1) is 20.8 Å². The second-order valence-electron chi connectivity index (χ2n) is 6.05. The third-order valence-corrected chi connectivity index (χ3v) is 4.83. The van der Waals surface area contributed by atoms with Gasteiger partial charge in [-0.15, -0.1) is 10.2 Å². The van der Waals surface area contributed by atoms with Crippen molar-refractivity contribution in [3.05, 3.63) is 59.2 Å². The number of primary amides is 1. The molecule has 0 spiro atoms. The molecule has 0 aliphatic heterocycles. The van der Waals surface area contributed by atoms with Gasteiger partial charge in [0.2, 0.25) is 5.91 Å². The van der Waals surface area contributed by atoms with Gasteiger partial charge in [0.05, 0.1) is 11.4 Å². The third-order valence-electron chi connectivity index (χ3n) is 3.88. The molecule has 0 unspecified atom stereocenters. The number of thioether (sulfide) groups is 1. The van der Waals surface area contributed by atoms with Crippen LogP contribution >= 0.6 is 11.8 Å². The summed E-state index contributed by atoms with van der Waals surface area (Å²) in [7, 11) is 0. The maximum absolute atomic E-state index is 11.2. The lowest BCUT2D eigenvalue weighted by Crippen LogP contribution is -2.14. The summed E-state index contributed by atoms with van der Waals surface area (Å²) >= 11 is 1.30. The van der Waals surface area contributed by atoms with E-state index in [1.54, 1.807) is 0 Å². The summed E-state index contributed by atoms with van der Waals surface area (Å²) in [6.07, 6.45) is 0. The first kappa shape index (κ1) is 17.2. The molecule has 0 saturated carbocycles. The van der Waals surface area contributed by atoms with Gasteiger partial charge in [0.15, 0.2) is 11.0 Å². The van der Waals surface area contributed by atoms with Crippen molar-refractivity contribution in [2.75, 3.05) is 5.75 Å². The monoisotopic (exact) mass is 352 g/mol. The number of hydrogen-bond donors (Lipinski definition) is 1. The van der Waals surface area contributed by atoms with E-state index in [0.29, 0.717) is 5.16 Å². The second-order valence-corrected chi connectivity index (χ2v) is 7.00. The number of amides is 1. The molecule has 2 aromatic carbocycles. The van der Waals surface area contributed by atoms with E-state index in [1.165, 1.54) is 22.9 Å². The zero-order valence-electron chi connectivity index (χ0n) is 14.5. The van der Waals surface area contributed by atoms with E-state index in [9.17, 15) is 4.79 Å². The van der Waals surface area contributed by atoms with Crippen molar-refractivity contribution in [2.24, 2.45) is 5.73 Å². The van der Waals surface area contributed by atoms with Gasteiger partial charge in [-0.05, 0) is 32.4 Å². The molecule has 0 fully saturated rings. The number of nitrogens with zero attached hydrogens (tertiary/aromatic N) is 3. The van der Waals surface area contributed by atoms with E-state index in [1.807, 2.05) is 35.8 Å². The van der Waals surface area contributed by atoms with Crippen LogP contribution in [-0.2, 0) is 4.79 Å². The molecule has 0 radical (unpaired) electrons. The van der Waals surface area contributed by atoms with Crippen LogP contribution in [0.3, 0.4) is 0 Å². The van der Waals surface area contributed by atoms with Crippen LogP contribution in [0.25, 0.3) is 17.1 Å². The summed E-state index contributed by atoms with van der Waals surface area (Å²) < 4.78 is 1.99. The van der Waals surface area contributed by atoms with Gasteiger partial charge in [0.1, 0.15) is 0 Å². The quantitative estimate of drug-likeness (QED) is 0.714. The summed E-state index contributed by atoms with van der Waals surface area (Å²) in [5, 5.41) is 9.32. The van der Waals surface area contributed by atoms with Gasteiger partial charge in [-0.2, -0.15) is 0 Å². The minimum atomic E-state index is -0.378. The minimum Gasteiger partial charge on any atom is -0.369 e. The van der Waals surface area contributed by atoms with Gasteiger partial charge in [0.25, 0.3) is 0 Å². The van der Waals surface area contributed by atoms with Crippen molar-refractivity contribution in [2.45, 2.75) is 25.9 Å². The molecule has 2 N–H and O–H groups in total. The number of nitrogens with two attached hydrogens (primary N) is 1. The highest BCUT2D eigenvalue weighted by Gasteiger charge is 2.18. The first-order chi connectivity index (χ1) is 12.0. The van der Waals surface area contributed by atoms with Gasteiger partial charge in [-0.1, -0.05) is 59.3 Å². The standard InChI is InChI=1S/C19H20N4OS/c1-12-4-7-15(8-5-12)18-21-22-19(25-11-17(20)24)23(18)16-9-6-13(2)10-14(16)3/h4-10H,11H2,1-3H3,(H2,20,24). The van der Waals surface area contributed by atoms with Crippen LogP contribution in [-0.4, -0.2) is 26.4 Å². The minimum absolute atomic E-state index is 0.164. The zero-order valence-corrected chi connectivity index (χ0v) is 15.3. The molecule has 0 aliphatic carbocycles. The predicted octanol–water partition coefficient (Wildman–Crippen LogP) is 3.44. The van der Waals surface area contributed by atoms with Gasteiger partial charge in [-0.3, -0.25) is 9.36 Å². The van der Waals surface area contributed by atoms with E-state index < -0.39 is 0 Å². The summed E-state index contributed by atoms with van der Waals surface area (Å²) in [6.45, 7) is 6.17. The van der Waals surface area contributed by atoms with E-state index >= 15 is 0 Å². The Morgan fingerprint density at radius 1 is 1.04 bits per heavy atom. The number of rotatable bonds is 5. The Morgan fingerprint density at radius 3 is 2.36 bits per heavy atom. The molecule has 25 heavy (non-hydrogen) atoms. The Bertz CT molecular complexity index is 916. The molecule has 0 saturated heterocycles. The average Bonchev–Trinajstić information content (AvgIpc) is 2.97. The van der Waals surface area contributed by atoms with Crippen LogP contribution in [0.5, 0.6) is 0 Å². The molecular weight excluding hydrogens is 332 g/mol. The molecule has 6 heteroatoms. The van der Waals surface area contributed by atoms with E-state index in [-0.39, 0.29) is 11.7 Å². The maximum atomic E-state index is 11.2. The molecule has 0 bridgehead atoms. The smallest absolute Gasteiger partial charge is 0.227 e. The van der Waals surface area contributed by atoms with Crippen LogP contribution in [0.4, 0.5) is 0 Å². The van der Waals surface area contributed by atoms with Crippen LogP contribution in [0.2, 0.25) is 0 Å². The maximum Gasteiger partial charge on any atom is 0.227 e. The van der Waals surface area contributed by atoms with E-state index in [0.717, 1.165) is 22.6 Å². The molecule has 5 nitrogen and oxygen atoms in total. The Hall–Kier alpha value is -2.60. The second kappa shape index (κ2) is 7.11. The SMILES string of the molecule is Cc1ccc(-c2nnc(SCC(N)=O)n2-c2ccc(C)cc2C)cc1. The van der Waals surface area contributed by atoms with Gasteiger partial charge in [0, 0.05) is 5.56 Å². The Labute approximate surface area is 151 Å². The van der Waals surface area contributed by atoms with E-state index in [2.05, 4.69) is 42.2 Å². The number of hydrogen-bond acceptors (Lipinski definition) is 4. The van der Waals surface area contributed by atoms with Crippen molar-refractivity contribution < 1.29 is 4.79 Å². The molecule has 1 amide bonds. The van der Waals surface area contributed by atoms with Gasteiger partial charge < -0.3 is 5.73 Å². The van der Waals surface area contributed by atoms with Gasteiger partial charge in [-0.25, -0.2) is 0 Å². The number of aromatic nitrogens is 3. The molecule has 0 atom stereocenters. The lowest BCUT2D eigenvalue weighted by Gasteiger charge is -2.13. The largest absolute Gasteiger partial charge is 0.369 e. The highest BCUT2D eigenvalue weighted by Crippen LogP contribution is 2.29. The highest BCUT2D eigenvalue weighted by atomic mass is 32.2. The zero-order chi connectivity index (χ0) is 18.0. The summed E-state index contributed by atoms with van der Waals surface area (Å²) in [5.74, 6) is 0.535. The average molecular weight is 352 g/mol. The normalized spacial score (nSPS) is 10.8. The van der Waals surface area contributed by atoms with Crippen molar-refractivity contribution in [1.82, 2.24) is 14.8 Å². The van der Waals surface area contributed by atoms with E-state index in [4.69, 9.17) is 5.73 Å². The summed E-state index contributed by atoms with van der Waals surface area (Å²) in [6, 6.07) is 14.4. The van der Waals surface area contributed by atoms with Crippen molar-refractivity contribution in [3.63, 3.8) is 0 Å². The molecule has 1 aromatic heterocycles. The fraction of sp³-hybridized carbons (Fsp3) is 0.211. The fourth-order valence-electron chi connectivity index (χ4n) is 2.66. The number of aryl methyl sites for hydroxylation is 3. The highest BCUT2D eigenvalue weighted by molar-refractivity contribution is 7.99. The first-order valence-corrected chi connectivity index (χ1v) is 8.95. The molecule has 3 aromatic rings. The molecule has 3 rings (SSSR count). The lowest BCUT2D eigenvalue weighted by molar-refractivity contribution is -0.115.